The molecule has 5 heteroatoms. The number of imide groups is 1. The number of aliphatic hydroxyl groups excluding tert-OH is 2. The summed E-state index contributed by atoms with van der Waals surface area (Å²) in [6, 6.07) is -0.120. The first-order chi connectivity index (χ1) is 7.13. The Morgan fingerprint density at radius 2 is 1.40 bits per heavy atom. The first kappa shape index (κ1) is 10.6. The number of hydrogen-bond acceptors (Lipinski definition) is 4. The molecule has 2 unspecified atom stereocenters. The molecular formula is C10H15NO4. The fourth-order valence-electron chi connectivity index (χ4n) is 2.36. The van der Waals surface area contributed by atoms with E-state index in [4.69, 9.17) is 0 Å². The minimum Gasteiger partial charge on any atom is -0.380 e. The van der Waals surface area contributed by atoms with Crippen molar-refractivity contribution in [2.75, 3.05) is 0 Å². The number of likely N-dealkylation sites (tertiary alicyclic amines) is 1. The minimum absolute atomic E-state index is 0.120. The van der Waals surface area contributed by atoms with Crippen LogP contribution in [0.15, 0.2) is 0 Å². The number of rotatable bonds is 1. The number of carbonyl (C=O) groups excluding carboxylic acids is 2. The van der Waals surface area contributed by atoms with Gasteiger partial charge in [-0.1, -0.05) is 19.3 Å². The van der Waals surface area contributed by atoms with E-state index in [-0.39, 0.29) is 6.04 Å². The quantitative estimate of drug-likeness (QED) is 0.571. The van der Waals surface area contributed by atoms with Crippen molar-refractivity contribution in [2.24, 2.45) is 0 Å². The van der Waals surface area contributed by atoms with Crippen molar-refractivity contribution in [3.63, 3.8) is 0 Å². The lowest BCUT2D eigenvalue weighted by atomic mass is 9.94. The molecule has 2 atom stereocenters. The van der Waals surface area contributed by atoms with E-state index in [1.165, 1.54) is 0 Å². The van der Waals surface area contributed by atoms with E-state index in [1.807, 2.05) is 0 Å². The molecule has 0 aromatic heterocycles. The molecule has 0 bridgehead atoms. The summed E-state index contributed by atoms with van der Waals surface area (Å²) < 4.78 is 0. The van der Waals surface area contributed by atoms with Gasteiger partial charge in [0.1, 0.15) is 0 Å². The molecule has 0 spiro atoms. The van der Waals surface area contributed by atoms with Gasteiger partial charge in [-0.05, 0) is 12.8 Å². The largest absolute Gasteiger partial charge is 0.380 e. The average Bonchev–Trinajstić information content (AvgIpc) is 2.45. The Balaban J connectivity index is 2.14. The monoisotopic (exact) mass is 213 g/mol. The second-order valence-corrected chi connectivity index (χ2v) is 4.23. The summed E-state index contributed by atoms with van der Waals surface area (Å²) in [6.45, 7) is 0. The highest BCUT2D eigenvalue weighted by Gasteiger charge is 2.48. The SMILES string of the molecule is O=C1C(O)C(O)C(=O)N1C1CCCCC1. The summed E-state index contributed by atoms with van der Waals surface area (Å²) in [5, 5.41) is 18.6. The molecule has 2 aliphatic rings. The standard InChI is InChI=1S/C10H15NO4/c12-7-8(13)10(15)11(9(7)14)6-4-2-1-3-5-6/h6-8,12-13H,1-5H2. The molecule has 84 valence electrons. The van der Waals surface area contributed by atoms with E-state index in [0.717, 1.165) is 37.0 Å². The van der Waals surface area contributed by atoms with Crippen molar-refractivity contribution in [3.8, 4) is 0 Å². The van der Waals surface area contributed by atoms with E-state index in [2.05, 4.69) is 0 Å². The maximum absolute atomic E-state index is 11.5. The second kappa shape index (κ2) is 3.90. The van der Waals surface area contributed by atoms with Gasteiger partial charge in [-0.15, -0.1) is 0 Å². The highest BCUT2D eigenvalue weighted by Crippen LogP contribution is 2.27. The molecule has 15 heavy (non-hydrogen) atoms. The molecule has 0 aromatic rings. The van der Waals surface area contributed by atoms with Gasteiger partial charge in [0.25, 0.3) is 11.8 Å². The van der Waals surface area contributed by atoms with Crippen LogP contribution in [0.25, 0.3) is 0 Å². The van der Waals surface area contributed by atoms with Crippen molar-refractivity contribution in [2.45, 2.75) is 50.4 Å². The predicted octanol–water partition coefficient (Wildman–Crippen LogP) is -0.590. The Labute approximate surface area is 87.7 Å². The molecule has 2 fully saturated rings. The van der Waals surface area contributed by atoms with E-state index in [9.17, 15) is 19.8 Å². The van der Waals surface area contributed by atoms with Crippen molar-refractivity contribution in [1.29, 1.82) is 0 Å². The summed E-state index contributed by atoms with van der Waals surface area (Å²) in [5.41, 5.74) is 0. The zero-order valence-electron chi connectivity index (χ0n) is 8.43. The van der Waals surface area contributed by atoms with E-state index >= 15 is 0 Å². The van der Waals surface area contributed by atoms with Crippen molar-refractivity contribution < 1.29 is 19.8 Å². The first-order valence-corrected chi connectivity index (χ1v) is 5.36. The van der Waals surface area contributed by atoms with E-state index in [0.29, 0.717) is 0 Å². The predicted molar refractivity (Wildman–Crippen MR) is 50.7 cm³/mol. The third-order valence-corrected chi connectivity index (χ3v) is 3.22. The Bertz CT molecular complexity index is 265. The molecule has 1 saturated heterocycles. The molecule has 0 radical (unpaired) electrons. The summed E-state index contributed by atoms with van der Waals surface area (Å²) >= 11 is 0. The number of hydrogen-bond donors (Lipinski definition) is 2. The highest BCUT2D eigenvalue weighted by molar-refractivity contribution is 6.08. The molecule has 1 aliphatic carbocycles. The van der Waals surface area contributed by atoms with Crippen LogP contribution in [0.1, 0.15) is 32.1 Å². The van der Waals surface area contributed by atoms with Crippen molar-refractivity contribution in [1.82, 2.24) is 4.90 Å². The Hall–Kier alpha value is -0.940. The van der Waals surface area contributed by atoms with Crippen molar-refractivity contribution in [3.05, 3.63) is 0 Å². The first-order valence-electron chi connectivity index (χ1n) is 5.36. The number of aliphatic hydroxyl groups is 2. The zero-order valence-corrected chi connectivity index (χ0v) is 8.43. The number of nitrogens with zero attached hydrogens (tertiary/aromatic N) is 1. The van der Waals surface area contributed by atoms with Gasteiger partial charge in [0.15, 0.2) is 12.2 Å². The Morgan fingerprint density at radius 1 is 0.933 bits per heavy atom. The Morgan fingerprint density at radius 3 is 1.87 bits per heavy atom. The van der Waals surface area contributed by atoms with Crippen LogP contribution in [0.5, 0.6) is 0 Å². The van der Waals surface area contributed by atoms with Crippen LogP contribution >= 0.6 is 0 Å². The highest BCUT2D eigenvalue weighted by atomic mass is 16.4. The topological polar surface area (TPSA) is 77.8 Å². The van der Waals surface area contributed by atoms with Gasteiger partial charge in [-0.3, -0.25) is 14.5 Å². The van der Waals surface area contributed by atoms with E-state index < -0.39 is 24.0 Å². The van der Waals surface area contributed by atoms with Crippen LogP contribution < -0.4 is 0 Å². The third-order valence-electron chi connectivity index (χ3n) is 3.22. The van der Waals surface area contributed by atoms with E-state index in [1.54, 1.807) is 0 Å². The molecule has 2 amide bonds. The number of carbonyl (C=O) groups is 2. The summed E-state index contributed by atoms with van der Waals surface area (Å²) in [7, 11) is 0. The fourth-order valence-corrected chi connectivity index (χ4v) is 2.36. The minimum atomic E-state index is -1.56. The molecular weight excluding hydrogens is 198 g/mol. The number of amides is 2. The molecule has 2 rings (SSSR count). The van der Waals surface area contributed by atoms with Gasteiger partial charge >= 0.3 is 0 Å². The fraction of sp³-hybridized carbons (Fsp3) is 0.800. The zero-order chi connectivity index (χ0) is 11.0. The van der Waals surface area contributed by atoms with Crippen LogP contribution in [0, 0.1) is 0 Å². The molecule has 5 nitrogen and oxygen atoms in total. The van der Waals surface area contributed by atoms with Gasteiger partial charge in [0.2, 0.25) is 0 Å². The smallest absolute Gasteiger partial charge is 0.261 e. The van der Waals surface area contributed by atoms with Crippen LogP contribution in [-0.4, -0.2) is 45.2 Å². The second-order valence-electron chi connectivity index (χ2n) is 4.23. The van der Waals surface area contributed by atoms with Gasteiger partial charge in [0, 0.05) is 6.04 Å². The lowest BCUT2D eigenvalue weighted by Crippen LogP contribution is -2.42. The average molecular weight is 213 g/mol. The van der Waals surface area contributed by atoms with Crippen LogP contribution in [0.3, 0.4) is 0 Å². The Kier molecular flexibility index (Phi) is 2.75. The van der Waals surface area contributed by atoms with Gasteiger partial charge in [-0.2, -0.15) is 0 Å². The van der Waals surface area contributed by atoms with Crippen molar-refractivity contribution >= 4 is 11.8 Å². The molecule has 2 N–H and O–H groups in total. The van der Waals surface area contributed by atoms with Crippen LogP contribution in [0.2, 0.25) is 0 Å². The summed E-state index contributed by atoms with van der Waals surface area (Å²) in [4.78, 5) is 24.1. The lowest BCUT2D eigenvalue weighted by molar-refractivity contribution is -0.144. The summed E-state index contributed by atoms with van der Waals surface area (Å²) in [6.07, 6.45) is 1.58. The maximum atomic E-state index is 11.5. The van der Waals surface area contributed by atoms with Crippen LogP contribution in [-0.2, 0) is 9.59 Å². The lowest BCUT2D eigenvalue weighted by Gasteiger charge is -2.29. The van der Waals surface area contributed by atoms with Gasteiger partial charge in [0.05, 0.1) is 0 Å². The third kappa shape index (κ3) is 1.66. The van der Waals surface area contributed by atoms with Gasteiger partial charge < -0.3 is 10.2 Å². The molecule has 0 aromatic carbocycles. The molecule has 1 saturated carbocycles. The normalized spacial score (nSPS) is 33.9. The van der Waals surface area contributed by atoms with Gasteiger partial charge in [-0.25, -0.2) is 0 Å². The summed E-state index contributed by atoms with van der Waals surface area (Å²) in [5.74, 6) is -1.28. The molecule has 1 heterocycles. The van der Waals surface area contributed by atoms with Crippen LogP contribution in [0.4, 0.5) is 0 Å². The molecule has 1 aliphatic heterocycles. The maximum Gasteiger partial charge on any atom is 0.261 e.